The van der Waals surface area contributed by atoms with E-state index in [9.17, 15) is 39.9 Å². The van der Waals surface area contributed by atoms with Crippen molar-refractivity contribution < 1.29 is 163 Å². The van der Waals surface area contributed by atoms with E-state index in [1.165, 1.54) is 76.3 Å². The Labute approximate surface area is 589 Å². The van der Waals surface area contributed by atoms with Gasteiger partial charge < -0.3 is 50.0 Å². The number of aromatic nitrogens is 2. The summed E-state index contributed by atoms with van der Waals surface area (Å²) in [7, 11) is 0. The number of carbonyl (C=O) groups excluding carboxylic acids is 3. The SMILES string of the molecule is CCCCCCCCCCCCN(CC(=O)[O-])CC1=C2Oc3c(ccc([O-])c3CN(CCCCCCCCCCCC)CC(=O)[O-])C(c3cc(NCCN(CCc4ccccn4)Cc4ccccn4)ccc3C(=O)[O-])=C2C=CC1O.[Na+].[Na+].[Na+].[Na+]. The van der Waals surface area contributed by atoms with E-state index in [1.54, 1.807) is 52.5 Å². The minimum Gasteiger partial charge on any atom is -0.872 e. The van der Waals surface area contributed by atoms with Crippen molar-refractivity contribution in [1.29, 1.82) is 0 Å². The molecule has 4 aromatic rings. The van der Waals surface area contributed by atoms with Gasteiger partial charge in [0.25, 0.3) is 0 Å². The molecular formula is C65H86N6Na4O9. The maximum absolute atomic E-state index is 14.2. The number of hydrogen-bond acceptors (Lipinski definition) is 15. The molecule has 3 heterocycles. The van der Waals surface area contributed by atoms with Crippen LogP contribution in [-0.4, -0.2) is 106 Å². The third kappa shape index (κ3) is 26.8. The van der Waals surface area contributed by atoms with E-state index < -0.39 is 42.9 Å². The number of carboxylic acid groups (broad SMARTS) is 3. The number of rotatable bonds is 41. The number of aromatic carboxylic acids is 1. The van der Waals surface area contributed by atoms with Crippen LogP contribution in [0.2, 0.25) is 0 Å². The Morgan fingerprint density at radius 1 is 0.595 bits per heavy atom. The average Bonchev–Trinajstić information content (AvgIpc) is 1.99. The standard InChI is InChI=1S/C65H90N6O9.4Na/c1-3-5-7-9-11-13-15-17-19-25-39-70(47-60(74)75)45-56-58(72)33-31-53-62(54-32-34-59(73)57(64(54)80-63(53)56)46-71(48-61(76)77)40-26-20-18-16-14-12-10-8-6-4-2)55-43-50(29-30-52(55)65(78)79)68-38-42-69(44-51-28-22-24-37-67-51)41-35-49-27-21-23-36-66-49;;;;/h21-24,27-34,36-37,43,58,68,72-73H,3-20,25-26,35,38-42,44-48H2,1-2H3,(H,74,75)(H,76,77)(H,78,79);;;;/q;4*+1/p-4. The zero-order valence-electron chi connectivity index (χ0n) is 51.6. The quantitative estimate of drug-likeness (QED) is 0.0319. The molecule has 19 heteroatoms. The first kappa shape index (κ1) is 77.7. The second kappa shape index (κ2) is 44.1. The van der Waals surface area contributed by atoms with Crippen LogP contribution >= 0.6 is 0 Å². The van der Waals surface area contributed by atoms with Gasteiger partial charge in [-0.15, -0.1) is 5.75 Å². The summed E-state index contributed by atoms with van der Waals surface area (Å²) in [6.45, 7) is 6.55. The van der Waals surface area contributed by atoms with Crippen molar-refractivity contribution >= 4 is 29.2 Å². The zero-order chi connectivity index (χ0) is 56.9. The summed E-state index contributed by atoms with van der Waals surface area (Å²) < 4.78 is 6.87. The number of allylic oxidation sites excluding steroid dienone is 1. The predicted molar refractivity (Wildman–Crippen MR) is 307 cm³/mol. The fourth-order valence-corrected chi connectivity index (χ4v) is 10.9. The van der Waals surface area contributed by atoms with E-state index in [1.807, 2.05) is 36.4 Å². The molecule has 0 fully saturated rings. The number of aliphatic hydroxyl groups is 1. The number of ether oxygens (including phenoxy) is 1. The van der Waals surface area contributed by atoms with E-state index in [-0.39, 0.29) is 160 Å². The van der Waals surface area contributed by atoms with Gasteiger partial charge in [-0.2, -0.15) is 0 Å². The van der Waals surface area contributed by atoms with E-state index in [0.29, 0.717) is 80.1 Å². The van der Waals surface area contributed by atoms with Crippen molar-refractivity contribution in [3.63, 3.8) is 0 Å². The Kier molecular flexibility index (Phi) is 40.8. The number of aliphatic carboxylic acids is 2. The van der Waals surface area contributed by atoms with Gasteiger partial charge in [0.2, 0.25) is 0 Å². The number of aliphatic hydroxyl groups excluding tert-OH is 1. The van der Waals surface area contributed by atoms with Gasteiger partial charge in [0, 0.05) is 116 Å². The van der Waals surface area contributed by atoms with Crippen LogP contribution < -0.4 is 149 Å². The number of carboxylic acids is 3. The number of benzene rings is 2. The molecule has 1 unspecified atom stereocenters. The van der Waals surface area contributed by atoms with Crippen LogP contribution in [0.5, 0.6) is 11.5 Å². The minimum atomic E-state index is -1.44. The number of nitrogens with one attached hydrogen (secondary N) is 1. The van der Waals surface area contributed by atoms with Crippen molar-refractivity contribution in [2.24, 2.45) is 0 Å². The molecule has 1 atom stereocenters. The summed E-state index contributed by atoms with van der Waals surface area (Å²) in [6.07, 6.45) is 28.3. The number of fused-ring (bicyclic) bond motifs is 2. The molecule has 1 aliphatic heterocycles. The Morgan fingerprint density at radius 2 is 1.13 bits per heavy atom. The van der Waals surface area contributed by atoms with Crippen LogP contribution in [0.3, 0.4) is 0 Å². The van der Waals surface area contributed by atoms with Gasteiger partial charge in [0.15, 0.2) is 0 Å². The molecule has 1 aliphatic carbocycles. The molecule has 0 saturated carbocycles. The summed E-state index contributed by atoms with van der Waals surface area (Å²) in [4.78, 5) is 52.6. The molecular weight excluding hydrogens is 1100 g/mol. The van der Waals surface area contributed by atoms with Crippen molar-refractivity contribution in [3.8, 4) is 11.5 Å². The molecule has 0 bridgehead atoms. The fourth-order valence-electron chi connectivity index (χ4n) is 10.9. The number of anilines is 1. The van der Waals surface area contributed by atoms with Crippen molar-refractivity contribution in [2.45, 2.75) is 168 Å². The average molecular weight is 1190 g/mol. The summed E-state index contributed by atoms with van der Waals surface area (Å²) in [5.41, 5.74) is 4.28. The number of carbonyl (C=O) groups is 3. The molecule has 0 spiro atoms. The number of nitrogens with zero attached hydrogens (tertiary/aromatic N) is 5. The van der Waals surface area contributed by atoms with Crippen LogP contribution in [0.15, 0.2) is 108 Å². The Hall–Kier alpha value is -2.39. The van der Waals surface area contributed by atoms with Crippen LogP contribution in [0.1, 0.15) is 181 Å². The van der Waals surface area contributed by atoms with Crippen molar-refractivity contribution in [3.05, 3.63) is 142 Å². The maximum Gasteiger partial charge on any atom is 1.00 e. The number of pyridine rings is 2. The minimum absolute atomic E-state index is 0. The molecule has 0 saturated heterocycles. The van der Waals surface area contributed by atoms with Gasteiger partial charge in [-0.3, -0.25) is 24.7 Å². The van der Waals surface area contributed by atoms with Crippen LogP contribution in [0.4, 0.5) is 5.69 Å². The first-order valence-electron chi connectivity index (χ1n) is 29.8. The van der Waals surface area contributed by atoms with Gasteiger partial charge >= 0.3 is 118 Å². The van der Waals surface area contributed by atoms with Gasteiger partial charge in [0.05, 0.1) is 29.7 Å². The predicted octanol–water partition coefficient (Wildman–Crippen LogP) is -4.09. The third-order valence-electron chi connectivity index (χ3n) is 15.2. The third-order valence-corrected chi connectivity index (χ3v) is 15.2. The van der Waals surface area contributed by atoms with Crippen LogP contribution in [0, 0.1) is 0 Å². The van der Waals surface area contributed by atoms with Gasteiger partial charge in [-0.1, -0.05) is 172 Å². The van der Waals surface area contributed by atoms with Gasteiger partial charge in [-0.25, -0.2) is 0 Å². The molecule has 6 rings (SSSR count). The first-order chi connectivity index (χ1) is 38.9. The summed E-state index contributed by atoms with van der Waals surface area (Å²) in [5, 5.41) is 67.5. The van der Waals surface area contributed by atoms with Crippen molar-refractivity contribution in [2.75, 3.05) is 57.7 Å². The number of hydrogen-bond donors (Lipinski definition) is 2. The second-order valence-corrected chi connectivity index (χ2v) is 21.6. The topological polar surface area (TPSA) is 220 Å². The molecule has 0 radical (unpaired) electrons. The smallest absolute Gasteiger partial charge is 0.872 e. The van der Waals surface area contributed by atoms with Crippen molar-refractivity contribution in [1.82, 2.24) is 24.7 Å². The molecule has 2 aromatic carbocycles. The summed E-state index contributed by atoms with van der Waals surface area (Å²) >= 11 is 0. The van der Waals surface area contributed by atoms with E-state index in [2.05, 4.69) is 34.0 Å². The fraction of sp³-hybridized carbons (Fsp3) is 0.523. The summed E-state index contributed by atoms with van der Waals surface area (Å²) in [6, 6.07) is 19.6. The second-order valence-electron chi connectivity index (χ2n) is 21.6. The molecule has 2 aliphatic rings. The van der Waals surface area contributed by atoms with Crippen LogP contribution in [-0.2, 0) is 29.1 Å². The normalized spacial score (nSPS) is 13.3. The van der Waals surface area contributed by atoms with Gasteiger partial charge in [-0.05, 0) is 67.9 Å². The van der Waals surface area contributed by atoms with Gasteiger partial charge in [0.1, 0.15) is 11.5 Å². The Balaban J connectivity index is 0.00000602. The monoisotopic (exact) mass is 1190 g/mol. The van der Waals surface area contributed by atoms with E-state index in [4.69, 9.17) is 4.74 Å². The Morgan fingerprint density at radius 3 is 1.65 bits per heavy atom. The molecule has 2 aromatic heterocycles. The molecule has 0 amide bonds. The zero-order valence-corrected chi connectivity index (χ0v) is 59.6. The molecule has 434 valence electrons. The summed E-state index contributed by atoms with van der Waals surface area (Å²) in [5.74, 6) is -4.18. The molecule has 2 N–H and O–H groups in total. The van der Waals surface area contributed by atoms with Crippen LogP contribution in [0.25, 0.3) is 5.57 Å². The largest absolute Gasteiger partial charge is 1.00 e. The molecule has 84 heavy (non-hydrogen) atoms. The Bertz CT molecular complexity index is 2660. The van der Waals surface area contributed by atoms with E-state index >= 15 is 0 Å². The maximum atomic E-state index is 14.2. The number of unbranched alkanes of at least 4 members (excludes halogenated alkanes) is 18. The first-order valence-corrected chi connectivity index (χ1v) is 29.8. The van der Waals surface area contributed by atoms with E-state index in [0.717, 1.165) is 69.2 Å². The molecule has 15 nitrogen and oxygen atoms in total.